The molecule has 0 saturated carbocycles. The molecular weight excluding hydrogens is 414 g/mol. The van der Waals surface area contributed by atoms with Crippen LogP contribution in [0.5, 0.6) is 0 Å². The molecule has 1 atom stereocenters. The van der Waals surface area contributed by atoms with E-state index in [4.69, 9.17) is 22.1 Å². The molecule has 1 unspecified atom stereocenters. The molecule has 9 heteroatoms. The first-order valence-corrected chi connectivity index (χ1v) is 11.0. The van der Waals surface area contributed by atoms with Crippen molar-refractivity contribution < 1.29 is 17.9 Å². The van der Waals surface area contributed by atoms with Gasteiger partial charge in [-0.1, -0.05) is 17.7 Å². The first-order valence-electron chi connectivity index (χ1n) is 8.77. The highest BCUT2D eigenvalue weighted by molar-refractivity contribution is 7.92. The van der Waals surface area contributed by atoms with Crippen LogP contribution in [0.3, 0.4) is 0 Å². The molecule has 7 nitrogen and oxygen atoms in total. The number of hydrogen-bond acceptors (Lipinski definition) is 6. The molecule has 0 bridgehead atoms. The predicted octanol–water partition coefficient (Wildman–Crippen LogP) is 3.38. The van der Waals surface area contributed by atoms with E-state index in [-0.39, 0.29) is 5.56 Å². The molecule has 29 heavy (non-hydrogen) atoms. The summed E-state index contributed by atoms with van der Waals surface area (Å²) in [6, 6.07) is 8.80. The summed E-state index contributed by atoms with van der Waals surface area (Å²) in [6.45, 7) is 4.91. The van der Waals surface area contributed by atoms with Gasteiger partial charge in [0.05, 0.1) is 0 Å². The third-order valence-electron chi connectivity index (χ3n) is 4.35. The summed E-state index contributed by atoms with van der Waals surface area (Å²) in [4.78, 5) is 17.7. The van der Waals surface area contributed by atoms with Gasteiger partial charge in [-0.25, -0.2) is 13.2 Å². The van der Waals surface area contributed by atoms with Crippen LogP contribution < -0.4 is 5.73 Å². The van der Waals surface area contributed by atoms with Gasteiger partial charge in [0, 0.05) is 51.4 Å². The van der Waals surface area contributed by atoms with Gasteiger partial charge >= 0.3 is 5.97 Å². The number of aromatic nitrogens is 2. The molecular formula is C20H22ClN3O4S. The second kappa shape index (κ2) is 7.12. The second-order valence-electron chi connectivity index (χ2n) is 7.89. The largest absolute Gasteiger partial charge is 0.458 e. The lowest BCUT2D eigenvalue weighted by Crippen LogP contribution is -2.53. The zero-order valence-corrected chi connectivity index (χ0v) is 18.1. The Labute approximate surface area is 174 Å². The van der Waals surface area contributed by atoms with E-state index < -0.39 is 26.3 Å². The number of hydrogen-bond donors (Lipinski definition) is 2. The van der Waals surface area contributed by atoms with Crippen LogP contribution in [-0.4, -0.2) is 36.2 Å². The average molecular weight is 436 g/mol. The zero-order valence-electron chi connectivity index (χ0n) is 16.5. The summed E-state index contributed by atoms with van der Waals surface area (Å²) in [6.07, 6.45) is 3.70. The van der Waals surface area contributed by atoms with Crippen LogP contribution >= 0.6 is 11.6 Å². The molecule has 0 aliphatic carbocycles. The fourth-order valence-corrected chi connectivity index (χ4v) is 3.94. The molecule has 1 aromatic carbocycles. The molecule has 0 radical (unpaired) electrons. The molecule has 2 heterocycles. The lowest BCUT2D eigenvalue weighted by atomic mass is 10.1. The molecule has 0 aliphatic rings. The Hall–Kier alpha value is -2.42. The third kappa shape index (κ3) is 4.14. The summed E-state index contributed by atoms with van der Waals surface area (Å²) in [5.74, 6) is -1.06. The molecule has 0 spiro atoms. The predicted molar refractivity (Wildman–Crippen MR) is 113 cm³/mol. The van der Waals surface area contributed by atoms with Crippen molar-refractivity contribution in [2.24, 2.45) is 5.73 Å². The monoisotopic (exact) mass is 435 g/mol. The van der Waals surface area contributed by atoms with E-state index in [1.807, 2.05) is 12.1 Å². The Morgan fingerprint density at radius 1 is 1.17 bits per heavy atom. The number of benzene rings is 1. The highest BCUT2D eigenvalue weighted by atomic mass is 35.5. The fourth-order valence-electron chi connectivity index (χ4n) is 2.88. The summed E-state index contributed by atoms with van der Waals surface area (Å²) in [5.41, 5.74) is 7.32. The normalized spacial score (nSPS) is 14.6. The molecule has 154 valence electrons. The number of fused-ring (bicyclic) bond motifs is 1. The summed E-state index contributed by atoms with van der Waals surface area (Å²) >= 11 is 6.03. The molecule has 0 aliphatic heterocycles. The Bertz CT molecular complexity index is 1200. The van der Waals surface area contributed by atoms with Crippen molar-refractivity contribution in [3.8, 4) is 11.3 Å². The van der Waals surface area contributed by atoms with Gasteiger partial charge in [0.15, 0.2) is 9.84 Å². The van der Waals surface area contributed by atoms with Crippen molar-refractivity contribution in [3.05, 3.63) is 53.3 Å². The summed E-state index contributed by atoms with van der Waals surface area (Å²) < 4.78 is 30.4. The standard InChI is InChI=1S/C20H22ClN3O4S/c1-19(2,3)28-18(25)20(22,29(4,26)27)14-7-13(10-23-11-14)16-8-12-5-6-15(21)9-17(12)24-16/h5-11,24H,22H2,1-4H3. The minimum atomic E-state index is -4.08. The minimum Gasteiger partial charge on any atom is -0.458 e. The van der Waals surface area contributed by atoms with Gasteiger partial charge in [0.2, 0.25) is 4.87 Å². The maximum atomic E-state index is 12.8. The topological polar surface area (TPSA) is 115 Å². The Morgan fingerprint density at radius 3 is 2.48 bits per heavy atom. The molecule has 2 aromatic heterocycles. The summed E-state index contributed by atoms with van der Waals surface area (Å²) in [7, 11) is -4.08. The van der Waals surface area contributed by atoms with Crippen molar-refractivity contribution in [3.63, 3.8) is 0 Å². The highest BCUT2D eigenvalue weighted by Crippen LogP contribution is 2.32. The first kappa shape index (κ1) is 21.3. The van der Waals surface area contributed by atoms with E-state index in [2.05, 4.69) is 9.97 Å². The number of rotatable bonds is 4. The van der Waals surface area contributed by atoms with E-state index >= 15 is 0 Å². The number of aromatic amines is 1. The number of sulfone groups is 1. The zero-order chi connectivity index (χ0) is 21.6. The van der Waals surface area contributed by atoms with Crippen LogP contribution in [0.15, 0.2) is 42.7 Å². The van der Waals surface area contributed by atoms with Crippen LogP contribution in [0.4, 0.5) is 0 Å². The van der Waals surface area contributed by atoms with Crippen LogP contribution in [0, 0.1) is 0 Å². The van der Waals surface area contributed by atoms with Gasteiger partial charge in [0.1, 0.15) is 5.60 Å². The van der Waals surface area contributed by atoms with Gasteiger partial charge in [-0.2, -0.15) is 0 Å². The van der Waals surface area contributed by atoms with Gasteiger partial charge in [-0.3, -0.25) is 10.7 Å². The number of halogens is 1. The number of nitrogens with zero attached hydrogens (tertiary/aromatic N) is 1. The number of nitrogens with one attached hydrogen (secondary N) is 1. The molecule has 3 rings (SSSR count). The van der Waals surface area contributed by atoms with Gasteiger partial charge in [0.25, 0.3) is 0 Å². The van der Waals surface area contributed by atoms with E-state index in [0.29, 0.717) is 16.3 Å². The van der Waals surface area contributed by atoms with E-state index in [0.717, 1.165) is 17.2 Å². The van der Waals surface area contributed by atoms with E-state index in [1.54, 1.807) is 39.1 Å². The van der Waals surface area contributed by atoms with Crippen molar-refractivity contribution in [2.45, 2.75) is 31.2 Å². The molecule has 0 amide bonds. The molecule has 0 saturated heterocycles. The first-order chi connectivity index (χ1) is 13.3. The Balaban J connectivity index is 2.12. The number of carbonyl (C=O) groups excluding carboxylic acids is 1. The minimum absolute atomic E-state index is 0.0171. The lowest BCUT2D eigenvalue weighted by Gasteiger charge is -2.30. The van der Waals surface area contributed by atoms with Gasteiger partial charge < -0.3 is 9.72 Å². The number of esters is 1. The second-order valence-corrected chi connectivity index (χ2v) is 10.5. The molecule has 3 aromatic rings. The highest BCUT2D eigenvalue weighted by Gasteiger charge is 2.49. The maximum Gasteiger partial charge on any atom is 0.347 e. The van der Waals surface area contributed by atoms with E-state index in [9.17, 15) is 13.2 Å². The molecule has 3 N–H and O–H groups in total. The van der Waals surface area contributed by atoms with Crippen molar-refractivity contribution >= 4 is 38.3 Å². The van der Waals surface area contributed by atoms with Crippen molar-refractivity contribution in [1.82, 2.24) is 9.97 Å². The maximum absolute atomic E-state index is 12.8. The Morgan fingerprint density at radius 2 is 1.86 bits per heavy atom. The molecule has 0 fully saturated rings. The SMILES string of the molecule is CC(C)(C)OC(=O)C(N)(c1cncc(-c2cc3ccc(Cl)cc3[nH]2)c1)S(C)(=O)=O. The Kier molecular flexibility index (Phi) is 5.23. The van der Waals surface area contributed by atoms with E-state index in [1.165, 1.54) is 12.3 Å². The fraction of sp³-hybridized carbons (Fsp3) is 0.300. The quantitative estimate of drug-likeness (QED) is 0.607. The van der Waals surface area contributed by atoms with Crippen molar-refractivity contribution in [1.29, 1.82) is 0 Å². The number of ether oxygens (including phenoxy) is 1. The lowest BCUT2D eigenvalue weighted by molar-refractivity contribution is -0.158. The smallest absolute Gasteiger partial charge is 0.347 e. The number of H-pyrrole nitrogens is 1. The summed E-state index contributed by atoms with van der Waals surface area (Å²) in [5, 5.41) is 1.50. The average Bonchev–Trinajstić information content (AvgIpc) is 3.01. The van der Waals surface area contributed by atoms with Gasteiger partial charge in [-0.05, 0) is 45.0 Å². The van der Waals surface area contributed by atoms with Crippen LogP contribution in [-0.2, 0) is 24.2 Å². The van der Waals surface area contributed by atoms with Crippen LogP contribution in [0.2, 0.25) is 5.02 Å². The van der Waals surface area contributed by atoms with Crippen LogP contribution in [0.1, 0.15) is 26.3 Å². The van der Waals surface area contributed by atoms with Crippen molar-refractivity contribution in [2.75, 3.05) is 6.26 Å². The number of pyridine rings is 1. The number of carbonyl (C=O) groups is 1. The van der Waals surface area contributed by atoms with Crippen LogP contribution in [0.25, 0.3) is 22.2 Å². The number of nitrogens with two attached hydrogens (primary N) is 1. The van der Waals surface area contributed by atoms with Gasteiger partial charge in [-0.15, -0.1) is 0 Å². The third-order valence-corrected chi connectivity index (χ3v) is 6.16.